The molecule has 0 fully saturated rings. The lowest BCUT2D eigenvalue weighted by Gasteiger charge is -2.11. The Balaban J connectivity index is 3.21. The molecule has 0 unspecified atom stereocenters. The van der Waals surface area contributed by atoms with Gasteiger partial charge in [-0.25, -0.2) is 0 Å². The summed E-state index contributed by atoms with van der Waals surface area (Å²) in [4.78, 5) is 0. The van der Waals surface area contributed by atoms with Crippen LogP contribution in [0, 0.1) is 0 Å². The molecule has 0 saturated carbocycles. The van der Waals surface area contributed by atoms with Gasteiger partial charge in [-0.2, -0.15) is 0 Å². The number of hydrogen-bond acceptors (Lipinski definition) is 3. The summed E-state index contributed by atoms with van der Waals surface area (Å²) in [6, 6.07) is 3.19. The van der Waals surface area contributed by atoms with Gasteiger partial charge in [-0.15, -0.1) is 0 Å². The highest BCUT2D eigenvalue weighted by Crippen LogP contribution is 2.26. The summed E-state index contributed by atoms with van der Waals surface area (Å²) >= 11 is 9.08. The van der Waals surface area contributed by atoms with Crippen molar-refractivity contribution in [1.82, 2.24) is 0 Å². The number of benzene rings is 1. The maximum Gasteiger partial charge on any atom is 0.492 e. The van der Waals surface area contributed by atoms with Gasteiger partial charge in [-0.05, 0) is 19.1 Å². The molecule has 0 spiro atoms. The molecule has 1 rings (SSSR count). The molecule has 0 amide bonds. The summed E-state index contributed by atoms with van der Waals surface area (Å²) in [6.07, 6.45) is 0. The Morgan fingerprint density at radius 1 is 1.50 bits per heavy atom. The third kappa shape index (κ3) is 2.64. The van der Waals surface area contributed by atoms with Crippen LogP contribution >= 0.6 is 27.5 Å². The minimum atomic E-state index is -1.59. The Morgan fingerprint density at radius 3 is 2.64 bits per heavy atom. The van der Waals surface area contributed by atoms with Crippen LogP contribution in [0.5, 0.6) is 5.75 Å². The SMILES string of the molecule is CCOc1c(Cl)cc(Br)cc1B(O)O. The quantitative estimate of drug-likeness (QED) is 0.817. The third-order valence-electron chi connectivity index (χ3n) is 1.60. The maximum absolute atomic E-state index is 9.08. The van der Waals surface area contributed by atoms with Crippen LogP contribution in [0.2, 0.25) is 5.02 Å². The molecule has 14 heavy (non-hydrogen) atoms. The van der Waals surface area contributed by atoms with Gasteiger partial charge in [0.2, 0.25) is 0 Å². The van der Waals surface area contributed by atoms with E-state index in [1.165, 1.54) is 0 Å². The predicted octanol–water partition coefficient (Wildman–Crippen LogP) is 1.18. The van der Waals surface area contributed by atoms with Gasteiger partial charge in [0.05, 0.1) is 11.6 Å². The second-order valence-corrected chi connectivity index (χ2v) is 3.94. The smallest absolute Gasteiger partial charge is 0.492 e. The van der Waals surface area contributed by atoms with E-state index in [-0.39, 0.29) is 5.46 Å². The summed E-state index contributed by atoms with van der Waals surface area (Å²) in [5, 5.41) is 18.5. The van der Waals surface area contributed by atoms with Crippen LogP contribution in [-0.2, 0) is 0 Å². The van der Waals surface area contributed by atoms with Crippen molar-refractivity contribution in [2.45, 2.75) is 6.92 Å². The van der Waals surface area contributed by atoms with E-state index in [4.69, 9.17) is 26.4 Å². The maximum atomic E-state index is 9.08. The molecule has 0 aliphatic rings. The van der Waals surface area contributed by atoms with Crippen molar-refractivity contribution in [1.29, 1.82) is 0 Å². The van der Waals surface area contributed by atoms with Gasteiger partial charge in [0.1, 0.15) is 5.75 Å². The fraction of sp³-hybridized carbons (Fsp3) is 0.250. The molecule has 0 radical (unpaired) electrons. The van der Waals surface area contributed by atoms with Crippen molar-refractivity contribution in [3.8, 4) is 5.75 Å². The average Bonchev–Trinajstić information content (AvgIpc) is 2.09. The first kappa shape index (κ1) is 11.8. The van der Waals surface area contributed by atoms with E-state index in [1.807, 2.05) is 0 Å². The van der Waals surface area contributed by atoms with Crippen LogP contribution in [0.25, 0.3) is 0 Å². The van der Waals surface area contributed by atoms with E-state index >= 15 is 0 Å². The van der Waals surface area contributed by atoms with Crippen molar-refractivity contribution in [3.05, 3.63) is 21.6 Å². The lowest BCUT2D eigenvalue weighted by atomic mass is 9.79. The van der Waals surface area contributed by atoms with Gasteiger partial charge >= 0.3 is 7.12 Å². The highest BCUT2D eigenvalue weighted by molar-refractivity contribution is 9.10. The first-order chi connectivity index (χ1) is 6.56. The summed E-state index contributed by atoms with van der Waals surface area (Å²) in [5.74, 6) is 0.312. The lowest BCUT2D eigenvalue weighted by molar-refractivity contribution is 0.340. The Bertz CT molecular complexity index is 333. The summed E-state index contributed by atoms with van der Waals surface area (Å²) in [5.41, 5.74) is 0.256. The molecule has 0 saturated heterocycles. The van der Waals surface area contributed by atoms with E-state index < -0.39 is 7.12 Å². The van der Waals surface area contributed by atoms with Gasteiger partial charge in [0.25, 0.3) is 0 Å². The molecular formula is C8H9BBrClO3. The van der Waals surface area contributed by atoms with Crippen molar-refractivity contribution in [2.24, 2.45) is 0 Å². The van der Waals surface area contributed by atoms with Crippen LogP contribution in [-0.4, -0.2) is 23.8 Å². The van der Waals surface area contributed by atoms with Crippen molar-refractivity contribution < 1.29 is 14.8 Å². The van der Waals surface area contributed by atoms with E-state index in [0.717, 1.165) is 0 Å². The fourth-order valence-corrected chi connectivity index (χ4v) is 1.96. The minimum Gasteiger partial charge on any atom is -0.493 e. The molecule has 3 nitrogen and oxygen atoms in total. The Kier molecular flexibility index (Phi) is 4.25. The Morgan fingerprint density at radius 2 is 2.14 bits per heavy atom. The molecule has 0 heterocycles. The van der Waals surface area contributed by atoms with Gasteiger partial charge in [0, 0.05) is 9.94 Å². The monoisotopic (exact) mass is 278 g/mol. The zero-order valence-electron chi connectivity index (χ0n) is 7.50. The summed E-state index contributed by atoms with van der Waals surface area (Å²) in [6.45, 7) is 2.22. The first-order valence-electron chi connectivity index (χ1n) is 4.04. The average molecular weight is 279 g/mol. The molecule has 0 aromatic heterocycles. The van der Waals surface area contributed by atoms with Crippen LogP contribution in [0.1, 0.15) is 6.92 Å². The molecule has 0 aliphatic heterocycles. The summed E-state index contributed by atoms with van der Waals surface area (Å²) in [7, 11) is -1.59. The zero-order chi connectivity index (χ0) is 10.7. The standard InChI is InChI=1S/C8H9BBrClO3/c1-2-14-8-6(9(12)13)3-5(10)4-7(8)11/h3-4,12-13H,2H2,1H3. The number of hydrogen-bond donors (Lipinski definition) is 2. The molecule has 1 aromatic rings. The molecule has 76 valence electrons. The van der Waals surface area contributed by atoms with Crippen molar-refractivity contribution in [2.75, 3.05) is 6.61 Å². The van der Waals surface area contributed by atoms with E-state index in [2.05, 4.69) is 15.9 Å². The second-order valence-electron chi connectivity index (χ2n) is 2.61. The van der Waals surface area contributed by atoms with E-state index in [1.54, 1.807) is 19.1 Å². The predicted molar refractivity (Wildman–Crippen MR) is 60.1 cm³/mol. The van der Waals surface area contributed by atoms with Crippen LogP contribution in [0.15, 0.2) is 16.6 Å². The topological polar surface area (TPSA) is 49.7 Å². The molecule has 0 bridgehead atoms. The lowest BCUT2D eigenvalue weighted by Crippen LogP contribution is -2.31. The molecular weight excluding hydrogens is 270 g/mol. The van der Waals surface area contributed by atoms with Crippen LogP contribution in [0.3, 0.4) is 0 Å². The fourth-order valence-electron chi connectivity index (χ4n) is 1.07. The number of ether oxygens (including phenoxy) is 1. The normalized spacial score (nSPS) is 10.1. The largest absolute Gasteiger partial charge is 0.493 e. The highest BCUT2D eigenvalue weighted by Gasteiger charge is 2.20. The molecule has 1 aromatic carbocycles. The molecule has 6 heteroatoms. The van der Waals surface area contributed by atoms with E-state index in [9.17, 15) is 0 Å². The highest BCUT2D eigenvalue weighted by atomic mass is 79.9. The van der Waals surface area contributed by atoms with Gasteiger partial charge in [-0.1, -0.05) is 27.5 Å². The van der Waals surface area contributed by atoms with Crippen molar-refractivity contribution >= 4 is 40.1 Å². The van der Waals surface area contributed by atoms with Gasteiger partial charge < -0.3 is 14.8 Å². The van der Waals surface area contributed by atoms with Gasteiger partial charge in [-0.3, -0.25) is 0 Å². The molecule has 2 N–H and O–H groups in total. The Hall–Kier alpha value is -0.225. The minimum absolute atomic E-state index is 0.256. The Labute approximate surface area is 95.9 Å². The second kappa shape index (κ2) is 5.02. The molecule has 0 atom stereocenters. The zero-order valence-corrected chi connectivity index (χ0v) is 9.84. The number of halogens is 2. The summed E-state index contributed by atoms with van der Waals surface area (Å²) < 4.78 is 5.89. The van der Waals surface area contributed by atoms with Crippen molar-refractivity contribution in [3.63, 3.8) is 0 Å². The first-order valence-corrected chi connectivity index (χ1v) is 5.21. The van der Waals surface area contributed by atoms with Crippen LogP contribution < -0.4 is 10.2 Å². The molecule has 0 aliphatic carbocycles. The van der Waals surface area contributed by atoms with Gasteiger partial charge in [0.15, 0.2) is 0 Å². The number of rotatable bonds is 3. The van der Waals surface area contributed by atoms with E-state index in [0.29, 0.717) is 21.9 Å². The van der Waals surface area contributed by atoms with Crippen LogP contribution in [0.4, 0.5) is 0 Å². The third-order valence-corrected chi connectivity index (χ3v) is 2.34.